The smallest absolute Gasteiger partial charge is 0.290 e. The van der Waals surface area contributed by atoms with Crippen LogP contribution >= 0.6 is 35.6 Å². The Morgan fingerprint density at radius 2 is 1.74 bits per heavy atom. The van der Waals surface area contributed by atoms with Gasteiger partial charge in [0.15, 0.2) is 0 Å². The van der Waals surface area contributed by atoms with E-state index in [0.717, 1.165) is 17.8 Å². The van der Waals surface area contributed by atoms with Gasteiger partial charge in [0.2, 0.25) is 0 Å². The van der Waals surface area contributed by atoms with Crippen LogP contribution in [0.4, 0.5) is 17.1 Å². The lowest BCUT2D eigenvalue weighted by molar-refractivity contribution is -0.396. The van der Waals surface area contributed by atoms with Gasteiger partial charge in [0.05, 0.1) is 20.8 Å². The molecule has 0 aliphatic heterocycles. The average molecular weight is 370 g/mol. The first kappa shape index (κ1) is 17.1. The van der Waals surface area contributed by atoms with Crippen LogP contribution < -0.4 is 5.32 Å². The molecule has 0 saturated heterocycles. The SMILES string of the molecule is O=[N+]([O-])c1ccc(SC(=S)Nc2ccc(Cl)cc2)c([N+](=O)[O-])c1. The van der Waals surface area contributed by atoms with Crippen molar-refractivity contribution in [3.8, 4) is 0 Å². The fourth-order valence-corrected chi connectivity index (χ4v) is 2.88. The first-order chi connectivity index (χ1) is 10.9. The van der Waals surface area contributed by atoms with Crippen LogP contribution in [0.3, 0.4) is 0 Å². The molecule has 0 aliphatic carbocycles. The molecule has 23 heavy (non-hydrogen) atoms. The quantitative estimate of drug-likeness (QED) is 0.362. The Balaban J connectivity index is 2.18. The molecule has 0 amide bonds. The highest BCUT2D eigenvalue weighted by Gasteiger charge is 2.20. The molecule has 0 fully saturated rings. The summed E-state index contributed by atoms with van der Waals surface area (Å²) in [6.45, 7) is 0. The molecule has 0 radical (unpaired) electrons. The van der Waals surface area contributed by atoms with E-state index < -0.39 is 9.85 Å². The van der Waals surface area contributed by atoms with Crippen molar-refractivity contribution in [2.45, 2.75) is 4.90 Å². The molecule has 10 heteroatoms. The lowest BCUT2D eigenvalue weighted by Gasteiger charge is -2.08. The molecule has 2 aromatic carbocycles. The summed E-state index contributed by atoms with van der Waals surface area (Å²) in [5.74, 6) is 0. The molecule has 0 saturated carbocycles. The van der Waals surface area contributed by atoms with Gasteiger partial charge in [-0.2, -0.15) is 0 Å². The van der Waals surface area contributed by atoms with Crippen molar-refractivity contribution in [1.82, 2.24) is 0 Å². The Bertz CT molecular complexity index is 783. The van der Waals surface area contributed by atoms with Crippen LogP contribution in [0.1, 0.15) is 0 Å². The normalized spacial score (nSPS) is 10.1. The Morgan fingerprint density at radius 1 is 1.09 bits per heavy atom. The molecule has 0 atom stereocenters. The Hall–Kier alpha value is -2.23. The molecule has 1 N–H and O–H groups in total. The van der Waals surface area contributed by atoms with E-state index in [-0.39, 0.29) is 20.6 Å². The maximum Gasteiger partial charge on any atom is 0.290 e. The summed E-state index contributed by atoms with van der Waals surface area (Å²) < 4.78 is 0.268. The molecular weight excluding hydrogens is 362 g/mol. The third-order valence-corrected chi connectivity index (χ3v) is 4.10. The van der Waals surface area contributed by atoms with Crippen molar-refractivity contribution in [2.24, 2.45) is 0 Å². The van der Waals surface area contributed by atoms with Crippen molar-refractivity contribution in [2.75, 3.05) is 5.32 Å². The summed E-state index contributed by atoms with van der Waals surface area (Å²) >= 11 is 11.9. The van der Waals surface area contributed by atoms with Crippen LogP contribution in [0.15, 0.2) is 47.4 Å². The maximum absolute atomic E-state index is 11.1. The number of halogens is 1. The average Bonchev–Trinajstić information content (AvgIpc) is 2.49. The number of nitrogens with one attached hydrogen (secondary N) is 1. The monoisotopic (exact) mass is 369 g/mol. The minimum atomic E-state index is -0.689. The van der Waals surface area contributed by atoms with Crippen molar-refractivity contribution in [1.29, 1.82) is 0 Å². The fourth-order valence-electron chi connectivity index (χ4n) is 1.62. The largest absolute Gasteiger partial charge is 0.341 e. The van der Waals surface area contributed by atoms with E-state index in [0.29, 0.717) is 10.7 Å². The molecule has 118 valence electrons. The van der Waals surface area contributed by atoms with E-state index in [9.17, 15) is 20.2 Å². The van der Waals surface area contributed by atoms with E-state index in [1.165, 1.54) is 12.1 Å². The fraction of sp³-hybridized carbons (Fsp3) is 0. The van der Waals surface area contributed by atoms with Crippen LogP contribution in [0.5, 0.6) is 0 Å². The van der Waals surface area contributed by atoms with Gasteiger partial charge >= 0.3 is 0 Å². The van der Waals surface area contributed by atoms with Crippen molar-refractivity contribution in [3.05, 3.63) is 67.7 Å². The minimum absolute atomic E-state index is 0.215. The molecule has 0 unspecified atom stereocenters. The summed E-state index contributed by atoms with van der Waals surface area (Å²) in [6, 6.07) is 10.2. The standard InChI is InChI=1S/C13H8ClN3O4S2/c14-8-1-3-9(4-2-8)15-13(22)23-12-6-5-10(16(18)19)7-11(12)17(20)21/h1-7H,(H,15,22). The van der Waals surface area contributed by atoms with Gasteiger partial charge in [-0.05, 0) is 30.3 Å². The second kappa shape index (κ2) is 7.36. The number of anilines is 1. The zero-order chi connectivity index (χ0) is 17.0. The molecule has 0 aliphatic rings. The number of thioether (sulfide) groups is 1. The Labute approximate surface area is 144 Å². The third kappa shape index (κ3) is 4.62. The Morgan fingerprint density at radius 3 is 2.30 bits per heavy atom. The number of hydrogen-bond acceptors (Lipinski definition) is 6. The maximum atomic E-state index is 11.1. The summed E-state index contributed by atoms with van der Waals surface area (Å²) in [7, 11) is 0. The highest BCUT2D eigenvalue weighted by molar-refractivity contribution is 8.23. The molecule has 7 nitrogen and oxygen atoms in total. The molecule has 0 spiro atoms. The number of nitrogens with zero attached hydrogens (tertiary/aromatic N) is 2. The highest BCUT2D eigenvalue weighted by atomic mass is 35.5. The number of thiocarbonyl (C=S) groups is 1. The zero-order valence-electron chi connectivity index (χ0n) is 11.3. The van der Waals surface area contributed by atoms with Gasteiger partial charge in [0, 0.05) is 16.8 Å². The van der Waals surface area contributed by atoms with Gasteiger partial charge in [-0.25, -0.2) is 0 Å². The highest BCUT2D eigenvalue weighted by Crippen LogP contribution is 2.33. The first-order valence-electron chi connectivity index (χ1n) is 6.04. The van der Waals surface area contributed by atoms with Crippen LogP contribution in [-0.2, 0) is 0 Å². The number of nitro groups is 2. The second-order valence-corrected chi connectivity index (χ2v) is 6.34. The van der Waals surface area contributed by atoms with E-state index in [2.05, 4.69) is 5.32 Å². The topological polar surface area (TPSA) is 98.3 Å². The number of nitro benzene ring substituents is 2. The molecule has 0 aromatic heterocycles. The second-order valence-electron chi connectivity index (χ2n) is 4.19. The van der Waals surface area contributed by atoms with Gasteiger partial charge in [-0.1, -0.05) is 35.6 Å². The van der Waals surface area contributed by atoms with Gasteiger partial charge in [-0.15, -0.1) is 0 Å². The lowest BCUT2D eigenvalue weighted by Crippen LogP contribution is -2.05. The number of hydrogen-bond donors (Lipinski definition) is 1. The zero-order valence-corrected chi connectivity index (χ0v) is 13.7. The third-order valence-electron chi connectivity index (χ3n) is 2.64. The van der Waals surface area contributed by atoms with E-state index in [1.807, 2.05) is 0 Å². The van der Waals surface area contributed by atoms with E-state index >= 15 is 0 Å². The minimum Gasteiger partial charge on any atom is -0.341 e. The first-order valence-corrected chi connectivity index (χ1v) is 7.64. The van der Waals surface area contributed by atoms with Crippen molar-refractivity contribution < 1.29 is 9.85 Å². The summed E-state index contributed by atoms with van der Waals surface area (Å²) in [5, 5.41) is 25.2. The summed E-state index contributed by atoms with van der Waals surface area (Å²) in [6.07, 6.45) is 0. The van der Waals surface area contributed by atoms with Gasteiger partial charge in [0.1, 0.15) is 4.32 Å². The summed E-state index contributed by atoms with van der Waals surface area (Å²) in [5.41, 5.74) is -0.0430. The Kier molecular flexibility index (Phi) is 5.48. The van der Waals surface area contributed by atoms with E-state index in [1.54, 1.807) is 24.3 Å². The molecular formula is C13H8ClN3O4S2. The predicted octanol–water partition coefficient (Wildman–Crippen LogP) is 4.65. The van der Waals surface area contributed by atoms with Crippen molar-refractivity contribution in [3.63, 3.8) is 0 Å². The molecule has 0 bridgehead atoms. The predicted molar refractivity (Wildman–Crippen MR) is 93.3 cm³/mol. The number of rotatable bonds is 4. The van der Waals surface area contributed by atoms with E-state index in [4.69, 9.17) is 23.8 Å². The molecule has 2 rings (SSSR count). The van der Waals surface area contributed by atoms with Gasteiger partial charge < -0.3 is 5.32 Å². The van der Waals surface area contributed by atoms with Crippen LogP contribution in [0, 0.1) is 20.2 Å². The summed E-state index contributed by atoms with van der Waals surface area (Å²) in [4.78, 5) is 20.6. The lowest BCUT2D eigenvalue weighted by atomic mass is 10.3. The van der Waals surface area contributed by atoms with Crippen LogP contribution in [-0.4, -0.2) is 14.2 Å². The molecule has 2 aromatic rings. The van der Waals surface area contributed by atoms with Crippen molar-refractivity contribution >= 4 is 57.0 Å². The number of benzene rings is 2. The van der Waals surface area contributed by atoms with Crippen LogP contribution in [0.2, 0.25) is 5.02 Å². The van der Waals surface area contributed by atoms with Gasteiger partial charge in [-0.3, -0.25) is 20.2 Å². The van der Waals surface area contributed by atoms with Crippen LogP contribution in [0.25, 0.3) is 0 Å². The molecule has 0 heterocycles. The van der Waals surface area contributed by atoms with Gasteiger partial charge in [0.25, 0.3) is 11.4 Å². The number of non-ortho nitro benzene ring substituents is 1.